The standard InChI is InChI=1S/C11H19N3O/c1-4-14(9(2)8-15-3)10-5-6-11(12)13-7-10/h5-7,9H,4,8H2,1-3H3,(H2,12,13). The quantitative estimate of drug-likeness (QED) is 0.799. The van der Waals surface area contributed by atoms with Crippen LogP contribution in [0.25, 0.3) is 0 Å². The zero-order valence-corrected chi connectivity index (χ0v) is 9.60. The maximum atomic E-state index is 5.55. The smallest absolute Gasteiger partial charge is 0.123 e. The average molecular weight is 209 g/mol. The molecule has 15 heavy (non-hydrogen) atoms. The zero-order valence-electron chi connectivity index (χ0n) is 9.60. The molecule has 0 amide bonds. The highest BCUT2D eigenvalue weighted by Gasteiger charge is 2.12. The fourth-order valence-corrected chi connectivity index (χ4v) is 1.65. The topological polar surface area (TPSA) is 51.4 Å². The Bertz CT molecular complexity index is 286. The fraction of sp³-hybridized carbons (Fsp3) is 0.545. The minimum atomic E-state index is 0.338. The van der Waals surface area contributed by atoms with Crippen LogP contribution in [0.15, 0.2) is 18.3 Å². The van der Waals surface area contributed by atoms with Crippen molar-refractivity contribution in [2.75, 3.05) is 30.9 Å². The average Bonchev–Trinajstić information content (AvgIpc) is 2.22. The summed E-state index contributed by atoms with van der Waals surface area (Å²) in [6.45, 7) is 5.88. The molecule has 0 aliphatic rings. The third-order valence-corrected chi connectivity index (χ3v) is 2.38. The molecule has 84 valence electrons. The first kappa shape index (κ1) is 11.8. The first-order chi connectivity index (χ1) is 7.19. The van der Waals surface area contributed by atoms with Crippen LogP contribution in [0.5, 0.6) is 0 Å². The molecule has 1 heterocycles. The SMILES string of the molecule is CCN(c1ccc(N)nc1)C(C)COC. The highest BCUT2D eigenvalue weighted by Crippen LogP contribution is 2.16. The molecule has 4 heteroatoms. The molecule has 0 radical (unpaired) electrons. The lowest BCUT2D eigenvalue weighted by Crippen LogP contribution is -2.36. The Morgan fingerprint density at radius 2 is 2.27 bits per heavy atom. The van der Waals surface area contributed by atoms with Crippen molar-refractivity contribution >= 4 is 11.5 Å². The Morgan fingerprint density at radius 1 is 1.53 bits per heavy atom. The van der Waals surface area contributed by atoms with Crippen molar-refractivity contribution in [3.05, 3.63) is 18.3 Å². The van der Waals surface area contributed by atoms with E-state index in [1.807, 2.05) is 12.1 Å². The molecule has 1 atom stereocenters. The number of nitrogen functional groups attached to an aromatic ring is 1. The zero-order chi connectivity index (χ0) is 11.3. The van der Waals surface area contributed by atoms with E-state index < -0.39 is 0 Å². The lowest BCUT2D eigenvalue weighted by atomic mass is 10.2. The van der Waals surface area contributed by atoms with E-state index in [2.05, 4.69) is 23.7 Å². The van der Waals surface area contributed by atoms with Crippen molar-refractivity contribution in [2.24, 2.45) is 0 Å². The normalized spacial score (nSPS) is 12.5. The van der Waals surface area contributed by atoms with E-state index >= 15 is 0 Å². The highest BCUT2D eigenvalue weighted by atomic mass is 16.5. The number of anilines is 2. The van der Waals surface area contributed by atoms with Crippen molar-refractivity contribution in [1.29, 1.82) is 0 Å². The summed E-state index contributed by atoms with van der Waals surface area (Å²) in [5, 5.41) is 0. The molecule has 4 nitrogen and oxygen atoms in total. The molecule has 1 aromatic rings. The van der Waals surface area contributed by atoms with Crippen molar-refractivity contribution < 1.29 is 4.74 Å². The molecule has 0 saturated carbocycles. The monoisotopic (exact) mass is 209 g/mol. The van der Waals surface area contributed by atoms with Crippen LogP contribution >= 0.6 is 0 Å². The van der Waals surface area contributed by atoms with E-state index in [0.29, 0.717) is 18.5 Å². The number of pyridine rings is 1. The number of hydrogen-bond acceptors (Lipinski definition) is 4. The number of ether oxygens (including phenoxy) is 1. The molecule has 0 aliphatic carbocycles. The molecule has 0 aliphatic heterocycles. The molecule has 1 unspecified atom stereocenters. The van der Waals surface area contributed by atoms with Gasteiger partial charge in [0.25, 0.3) is 0 Å². The van der Waals surface area contributed by atoms with Gasteiger partial charge in [0.1, 0.15) is 5.82 Å². The largest absolute Gasteiger partial charge is 0.384 e. The van der Waals surface area contributed by atoms with Gasteiger partial charge in [0, 0.05) is 19.7 Å². The minimum absolute atomic E-state index is 0.338. The minimum Gasteiger partial charge on any atom is -0.384 e. The lowest BCUT2D eigenvalue weighted by Gasteiger charge is -2.29. The van der Waals surface area contributed by atoms with Crippen LogP contribution in [0.4, 0.5) is 11.5 Å². The van der Waals surface area contributed by atoms with Crippen LogP contribution in [0.2, 0.25) is 0 Å². The van der Waals surface area contributed by atoms with E-state index in [0.717, 1.165) is 12.2 Å². The van der Waals surface area contributed by atoms with Crippen molar-refractivity contribution in [3.8, 4) is 0 Å². The van der Waals surface area contributed by atoms with E-state index in [1.54, 1.807) is 13.3 Å². The molecule has 1 aromatic heterocycles. The van der Waals surface area contributed by atoms with Gasteiger partial charge in [-0.2, -0.15) is 0 Å². The molecule has 1 rings (SSSR count). The lowest BCUT2D eigenvalue weighted by molar-refractivity contribution is 0.182. The van der Waals surface area contributed by atoms with E-state index in [9.17, 15) is 0 Å². The molecule has 0 aromatic carbocycles. The van der Waals surface area contributed by atoms with E-state index in [4.69, 9.17) is 10.5 Å². The van der Waals surface area contributed by atoms with Crippen molar-refractivity contribution in [3.63, 3.8) is 0 Å². The Labute approximate surface area is 91.1 Å². The predicted octanol–water partition coefficient (Wildman–Crippen LogP) is 1.52. The van der Waals surface area contributed by atoms with E-state index in [-0.39, 0.29) is 0 Å². The summed E-state index contributed by atoms with van der Waals surface area (Å²) in [7, 11) is 1.71. The Kier molecular flexibility index (Phi) is 4.37. The van der Waals surface area contributed by atoms with Gasteiger partial charge in [-0.15, -0.1) is 0 Å². The second-order valence-corrected chi connectivity index (χ2v) is 3.53. The Hall–Kier alpha value is -1.29. The third kappa shape index (κ3) is 3.09. The first-order valence-electron chi connectivity index (χ1n) is 5.16. The van der Waals surface area contributed by atoms with Crippen molar-refractivity contribution in [2.45, 2.75) is 19.9 Å². The third-order valence-electron chi connectivity index (χ3n) is 2.38. The van der Waals surface area contributed by atoms with E-state index in [1.165, 1.54) is 0 Å². The number of rotatable bonds is 5. The fourth-order valence-electron chi connectivity index (χ4n) is 1.65. The van der Waals surface area contributed by atoms with Crippen molar-refractivity contribution in [1.82, 2.24) is 4.98 Å². The van der Waals surface area contributed by atoms with Crippen LogP contribution in [0, 0.1) is 0 Å². The first-order valence-corrected chi connectivity index (χ1v) is 5.16. The van der Waals surface area contributed by atoms with Crippen LogP contribution in [-0.4, -0.2) is 31.3 Å². The highest BCUT2D eigenvalue weighted by molar-refractivity contribution is 5.48. The van der Waals surface area contributed by atoms with Gasteiger partial charge in [-0.25, -0.2) is 4.98 Å². The Morgan fingerprint density at radius 3 is 2.73 bits per heavy atom. The molecular formula is C11H19N3O. The van der Waals surface area contributed by atoms with Gasteiger partial charge in [-0.3, -0.25) is 0 Å². The van der Waals surface area contributed by atoms with Crippen LogP contribution in [0.3, 0.4) is 0 Å². The number of methoxy groups -OCH3 is 1. The summed E-state index contributed by atoms with van der Waals surface area (Å²) < 4.78 is 5.14. The molecule has 0 bridgehead atoms. The Balaban J connectivity index is 2.77. The van der Waals surface area contributed by atoms with Gasteiger partial charge < -0.3 is 15.4 Å². The molecule has 0 fully saturated rings. The molecule has 2 N–H and O–H groups in total. The number of aromatic nitrogens is 1. The summed E-state index contributed by atoms with van der Waals surface area (Å²) >= 11 is 0. The van der Waals surface area contributed by atoms with Gasteiger partial charge >= 0.3 is 0 Å². The molecular weight excluding hydrogens is 190 g/mol. The van der Waals surface area contributed by atoms with Gasteiger partial charge in [0.15, 0.2) is 0 Å². The summed E-state index contributed by atoms with van der Waals surface area (Å²) in [6, 6.07) is 4.14. The van der Waals surface area contributed by atoms with Crippen LogP contribution in [-0.2, 0) is 4.74 Å². The number of likely N-dealkylation sites (N-methyl/N-ethyl adjacent to an activating group) is 1. The second kappa shape index (κ2) is 5.56. The summed E-state index contributed by atoms with van der Waals surface area (Å²) in [5.41, 5.74) is 6.63. The van der Waals surface area contributed by atoms with Gasteiger partial charge in [0.2, 0.25) is 0 Å². The van der Waals surface area contributed by atoms with Gasteiger partial charge in [-0.05, 0) is 26.0 Å². The van der Waals surface area contributed by atoms with Gasteiger partial charge in [-0.1, -0.05) is 0 Å². The molecule has 0 saturated heterocycles. The van der Waals surface area contributed by atoms with Gasteiger partial charge in [0.05, 0.1) is 18.5 Å². The number of nitrogens with two attached hydrogens (primary N) is 1. The van der Waals surface area contributed by atoms with Crippen LogP contribution in [0.1, 0.15) is 13.8 Å². The van der Waals surface area contributed by atoms with Crippen LogP contribution < -0.4 is 10.6 Å². The summed E-state index contributed by atoms with van der Waals surface area (Å²) in [4.78, 5) is 6.32. The predicted molar refractivity (Wildman–Crippen MR) is 63.0 cm³/mol. The number of hydrogen-bond donors (Lipinski definition) is 1. The maximum Gasteiger partial charge on any atom is 0.123 e. The summed E-state index contributed by atoms with van der Waals surface area (Å²) in [6.07, 6.45) is 1.80. The molecule has 0 spiro atoms. The number of nitrogens with zero attached hydrogens (tertiary/aromatic N) is 2. The summed E-state index contributed by atoms with van der Waals surface area (Å²) in [5.74, 6) is 0.550. The second-order valence-electron chi connectivity index (χ2n) is 3.53. The maximum absolute atomic E-state index is 5.55.